The van der Waals surface area contributed by atoms with E-state index in [2.05, 4.69) is 32.6 Å². The highest BCUT2D eigenvalue weighted by Gasteiger charge is 2.31. The summed E-state index contributed by atoms with van der Waals surface area (Å²) in [4.78, 5) is 0. The maximum atomic E-state index is 7.63. The Bertz CT molecular complexity index is 375. The number of halogens is 3. The van der Waals surface area contributed by atoms with Crippen LogP contribution in [0.2, 0.25) is 0 Å². The van der Waals surface area contributed by atoms with Crippen LogP contribution in [-0.4, -0.2) is 15.8 Å². The first-order valence-electron chi connectivity index (χ1n) is 6.06. The van der Waals surface area contributed by atoms with Crippen LogP contribution in [0.3, 0.4) is 0 Å². The van der Waals surface area contributed by atoms with Crippen molar-refractivity contribution in [2.75, 3.05) is 0 Å². The Morgan fingerprint density at radius 1 is 1.11 bits per heavy atom. The van der Waals surface area contributed by atoms with Gasteiger partial charge in [-0.25, -0.2) is 0 Å². The molecule has 0 amide bonds. The molecular formula is C14H22Cl3NO. The lowest BCUT2D eigenvalue weighted by molar-refractivity contribution is 0.175. The number of rotatable bonds is 2. The van der Waals surface area contributed by atoms with E-state index in [4.69, 9.17) is 44.9 Å². The van der Waals surface area contributed by atoms with E-state index in [1.54, 1.807) is 0 Å². The van der Waals surface area contributed by atoms with Crippen molar-refractivity contribution in [2.45, 2.75) is 57.9 Å². The largest absolute Gasteiger partial charge is 0.462 e. The highest BCUT2D eigenvalue weighted by Crippen LogP contribution is 2.30. The van der Waals surface area contributed by atoms with E-state index in [-0.39, 0.29) is 10.8 Å². The Hall–Kier alpha value is -0.100. The van der Waals surface area contributed by atoms with Gasteiger partial charge in [0.1, 0.15) is 0 Å². The van der Waals surface area contributed by atoms with Gasteiger partial charge in [0.2, 0.25) is 5.90 Å². The first-order chi connectivity index (χ1) is 8.21. The normalized spacial score (nSPS) is 14.4. The zero-order valence-electron chi connectivity index (χ0n) is 12.3. The quantitative estimate of drug-likeness (QED) is 0.321. The molecule has 0 heterocycles. The molecule has 0 saturated heterocycles. The number of hydrogen-bond acceptors (Lipinski definition) is 2. The number of hydrogen-bond donors (Lipinski definition) is 1. The van der Waals surface area contributed by atoms with Gasteiger partial charge in [-0.1, -0.05) is 67.4 Å². The summed E-state index contributed by atoms with van der Waals surface area (Å²) in [5, 5.41) is 7.63. The molecule has 0 radical (unpaired) electrons. The molecule has 1 N–H and O–H groups in total. The van der Waals surface area contributed by atoms with Crippen LogP contribution in [-0.2, 0) is 4.74 Å². The van der Waals surface area contributed by atoms with Gasteiger partial charge in [0.15, 0.2) is 6.10 Å². The summed E-state index contributed by atoms with van der Waals surface area (Å²) in [5.41, 5.74) is -0.132. The van der Waals surface area contributed by atoms with Crippen LogP contribution in [0.25, 0.3) is 0 Å². The van der Waals surface area contributed by atoms with Crippen LogP contribution < -0.4 is 0 Å². The van der Waals surface area contributed by atoms with Crippen molar-refractivity contribution in [3.63, 3.8) is 0 Å². The van der Waals surface area contributed by atoms with E-state index in [1.165, 1.54) is 0 Å². The second-order valence-corrected chi connectivity index (χ2v) is 9.00. The van der Waals surface area contributed by atoms with Gasteiger partial charge in [0, 0.05) is 11.8 Å². The summed E-state index contributed by atoms with van der Waals surface area (Å²) in [7, 11) is 0. The molecule has 19 heavy (non-hydrogen) atoms. The molecule has 0 aliphatic rings. The predicted octanol–water partition coefficient (Wildman–Crippen LogP) is 5.20. The molecule has 0 aromatic heterocycles. The topological polar surface area (TPSA) is 33.1 Å². The van der Waals surface area contributed by atoms with Crippen LogP contribution >= 0.6 is 34.8 Å². The van der Waals surface area contributed by atoms with E-state index in [1.807, 2.05) is 20.8 Å². The minimum atomic E-state index is -1.85. The Kier molecular flexibility index (Phi) is 6.53. The average molecular weight is 327 g/mol. The van der Waals surface area contributed by atoms with E-state index in [9.17, 15) is 0 Å². The van der Waals surface area contributed by atoms with Crippen molar-refractivity contribution in [3.05, 3.63) is 0 Å². The molecule has 0 aliphatic heterocycles. The van der Waals surface area contributed by atoms with Crippen LogP contribution in [0.4, 0.5) is 0 Å². The molecule has 0 aromatic rings. The molecular weight excluding hydrogens is 305 g/mol. The second kappa shape index (κ2) is 6.57. The van der Waals surface area contributed by atoms with Gasteiger partial charge in [0.05, 0.1) is 0 Å². The minimum absolute atomic E-state index is 0.00507. The third-order valence-corrected chi connectivity index (χ3v) is 2.44. The Morgan fingerprint density at radius 3 is 1.89 bits per heavy atom. The molecule has 0 spiro atoms. The predicted molar refractivity (Wildman–Crippen MR) is 84.2 cm³/mol. The van der Waals surface area contributed by atoms with Gasteiger partial charge >= 0.3 is 0 Å². The molecule has 0 rings (SSSR count). The van der Waals surface area contributed by atoms with Crippen molar-refractivity contribution >= 4 is 40.7 Å². The molecule has 1 unspecified atom stereocenters. The van der Waals surface area contributed by atoms with Gasteiger partial charge in [-0.3, -0.25) is 5.41 Å². The van der Waals surface area contributed by atoms with Crippen LogP contribution in [0, 0.1) is 28.1 Å². The van der Waals surface area contributed by atoms with Gasteiger partial charge in [0.25, 0.3) is 3.79 Å². The number of alkyl halides is 3. The van der Waals surface area contributed by atoms with E-state index in [0.717, 1.165) is 0 Å². The molecule has 2 nitrogen and oxygen atoms in total. The van der Waals surface area contributed by atoms with Gasteiger partial charge < -0.3 is 4.74 Å². The Labute approximate surface area is 131 Å². The molecule has 5 heteroatoms. The second-order valence-electron chi connectivity index (χ2n) is 6.72. The van der Waals surface area contributed by atoms with Crippen molar-refractivity contribution in [3.8, 4) is 11.8 Å². The standard InChI is InChI=1S/C14H22Cl3NO/c1-12(2,3)8-7-10(9-13(4,5)6)19-11(18)14(15,16)17/h10,18H,9H2,1-6H3. The molecule has 110 valence electrons. The number of nitrogens with one attached hydrogen (secondary N) is 1. The van der Waals surface area contributed by atoms with Crippen LogP contribution in [0.15, 0.2) is 0 Å². The smallest absolute Gasteiger partial charge is 0.265 e. The minimum Gasteiger partial charge on any atom is -0.462 e. The van der Waals surface area contributed by atoms with Gasteiger partial charge in [-0.05, 0) is 26.2 Å². The zero-order chi connectivity index (χ0) is 15.5. The lowest BCUT2D eigenvalue weighted by Crippen LogP contribution is -2.29. The fourth-order valence-electron chi connectivity index (χ4n) is 1.18. The summed E-state index contributed by atoms with van der Waals surface area (Å²) in [5.74, 6) is 5.74. The third kappa shape index (κ3) is 10.4. The average Bonchev–Trinajstić information content (AvgIpc) is 2.08. The maximum Gasteiger partial charge on any atom is 0.265 e. The highest BCUT2D eigenvalue weighted by atomic mass is 35.6. The molecule has 0 saturated carbocycles. The Balaban J connectivity index is 4.98. The SMILES string of the molecule is CC(C)(C)C#CC(CC(C)(C)C)OC(=N)C(Cl)(Cl)Cl. The van der Waals surface area contributed by atoms with E-state index >= 15 is 0 Å². The first-order valence-corrected chi connectivity index (χ1v) is 7.19. The summed E-state index contributed by atoms with van der Waals surface area (Å²) in [6.07, 6.45) is 0.196. The molecule has 0 bridgehead atoms. The van der Waals surface area contributed by atoms with Crippen LogP contribution in [0.5, 0.6) is 0 Å². The van der Waals surface area contributed by atoms with Crippen molar-refractivity contribution in [1.29, 1.82) is 5.41 Å². The lowest BCUT2D eigenvalue weighted by Gasteiger charge is -2.25. The molecule has 0 aliphatic carbocycles. The van der Waals surface area contributed by atoms with Crippen molar-refractivity contribution in [2.24, 2.45) is 10.8 Å². The van der Waals surface area contributed by atoms with E-state index in [0.29, 0.717) is 6.42 Å². The summed E-state index contributed by atoms with van der Waals surface area (Å²) in [6, 6.07) is 0. The molecule has 0 aromatic carbocycles. The third-order valence-electron chi connectivity index (χ3n) is 1.92. The van der Waals surface area contributed by atoms with Crippen LogP contribution in [0.1, 0.15) is 48.0 Å². The first kappa shape index (κ1) is 18.9. The molecule has 0 fully saturated rings. The summed E-state index contributed by atoms with van der Waals surface area (Å²) in [6.45, 7) is 12.2. The van der Waals surface area contributed by atoms with Crippen molar-refractivity contribution < 1.29 is 4.74 Å². The Morgan fingerprint density at radius 2 is 1.58 bits per heavy atom. The summed E-state index contributed by atoms with van der Waals surface area (Å²) < 4.78 is 3.55. The van der Waals surface area contributed by atoms with Gasteiger partial charge in [-0.15, -0.1) is 0 Å². The summed E-state index contributed by atoms with van der Waals surface area (Å²) >= 11 is 16.9. The fourth-order valence-corrected chi connectivity index (χ4v) is 1.32. The monoisotopic (exact) mass is 325 g/mol. The van der Waals surface area contributed by atoms with Gasteiger partial charge in [-0.2, -0.15) is 0 Å². The maximum absolute atomic E-state index is 7.63. The van der Waals surface area contributed by atoms with E-state index < -0.39 is 15.8 Å². The fraction of sp³-hybridized carbons (Fsp3) is 0.786. The zero-order valence-corrected chi connectivity index (χ0v) is 14.6. The number of ether oxygens (including phenoxy) is 1. The lowest BCUT2D eigenvalue weighted by atomic mass is 9.88. The van der Waals surface area contributed by atoms with Crippen molar-refractivity contribution in [1.82, 2.24) is 0 Å². The highest BCUT2D eigenvalue weighted by molar-refractivity contribution is 6.76. The molecule has 1 atom stereocenters.